The summed E-state index contributed by atoms with van der Waals surface area (Å²) in [6.07, 6.45) is 3.49. The molecule has 2 aliphatic rings. The number of hydrogen-bond donors (Lipinski definition) is 3. The van der Waals surface area contributed by atoms with Crippen molar-refractivity contribution in [2.45, 2.75) is 45.3 Å². The maximum Gasteiger partial charge on any atom is 0.251 e. The Morgan fingerprint density at radius 3 is 2.55 bits per heavy atom. The number of piperidine rings is 1. The van der Waals surface area contributed by atoms with Crippen LogP contribution in [0.3, 0.4) is 0 Å². The van der Waals surface area contributed by atoms with Crippen LogP contribution in [-0.4, -0.2) is 49.6 Å². The Kier molecular flexibility index (Phi) is 8.84. The highest BCUT2D eigenvalue weighted by atomic mass is 19.1. The Hall–Kier alpha value is -3.06. The number of amides is 1. The van der Waals surface area contributed by atoms with E-state index in [1.54, 1.807) is 6.07 Å². The van der Waals surface area contributed by atoms with Gasteiger partial charge >= 0.3 is 0 Å². The number of carbonyl (C=O) groups is 1. The molecule has 38 heavy (non-hydrogen) atoms. The molecule has 0 aromatic heterocycles. The molecule has 3 aromatic carbocycles. The summed E-state index contributed by atoms with van der Waals surface area (Å²) >= 11 is 0. The molecule has 0 bridgehead atoms. The molecule has 200 valence electrons. The summed E-state index contributed by atoms with van der Waals surface area (Å²) < 4.78 is 14.9. The molecule has 2 saturated heterocycles. The summed E-state index contributed by atoms with van der Waals surface area (Å²) in [5.74, 6) is 0.351. The van der Waals surface area contributed by atoms with E-state index in [9.17, 15) is 9.18 Å². The van der Waals surface area contributed by atoms with Crippen molar-refractivity contribution in [2.24, 2.45) is 5.92 Å². The van der Waals surface area contributed by atoms with E-state index in [4.69, 9.17) is 0 Å². The first-order valence-corrected chi connectivity index (χ1v) is 13.9. The maximum absolute atomic E-state index is 14.9. The van der Waals surface area contributed by atoms with Gasteiger partial charge in [0.2, 0.25) is 0 Å². The second kappa shape index (κ2) is 12.7. The van der Waals surface area contributed by atoms with Crippen LogP contribution in [0.25, 0.3) is 11.1 Å². The topological polar surface area (TPSA) is 56.4 Å². The highest BCUT2D eigenvalue weighted by molar-refractivity contribution is 5.94. The molecule has 0 aliphatic carbocycles. The summed E-state index contributed by atoms with van der Waals surface area (Å²) in [5, 5.41) is 9.88. The van der Waals surface area contributed by atoms with Gasteiger partial charge in [0.25, 0.3) is 5.91 Å². The van der Waals surface area contributed by atoms with Crippen LogP contribution in [-0.2, 0) is 19.5 Å². The van der Waals surface area contributed by atoms with Crippen molar-refractivity contribution in [3.8, 4) is 11.1 Å². The van der Waals surface area contributed by atoms with Crippen LogP contribution in [0.15, 0.2) is 66.7 Å². The normalized spacial score (nSPS) is 18.8. The van der Waals surface area contributed by atoms with Gasteiger partial charge in [-0.15, -0.1) is 0 Å². The van der Waals surface area contributed by atoms with Crippen molar-refractivity contribution in [2.75, 3.05) is 32.7 Å². The number of hydrogen-bond acceptors (Lipinski definition) is 4. The predicted octanol–water partition coefficient (Wildman–Crippen LogP) is 4.76. The zero-order valence-corrected chi connectivity index (χ0v) is 22.3. The number of piperazine rings is 1. The maximum atomic E-state index is 14.9. The van der Waals surface area contributed by atoms with Gasteiger partial charge in [-0.3, -0.25) is 9.69 Å². The minimum Gasteiger partial charge on any atom is -0.348 e. The first-order chi connectivity index (χ1) is 18.5. The summed E-state index contributed by atoms with van der Waals surface area (Å²) in [6.45, 7) is 8.61. The second-order valence-electron chi connectivity index (χ2n) is 10.9. The third-order valence-electron chi connectivity index (χ3n) is 7.78. The van der Waals surface area contributed by atoms with Crippen LogP contribution < -0.4 is 16.0 Å². The molecule has 5 nitrogen and oxygen atoms in total. The Balaban J connectivity index is 1.20. The number of rotatable bonds is 8. The van der Waals surface area contributed by atoms with Crippen LogP contribution >= 0.6 is 0 Å². The third-order valence-corrected chi connectivity index (χ3v) is 7.78. The van der Waals surface area contributed by atoms with Crippen LogP contribution in [0.2, 0.25) is 0 Å². The third kappa shape index (κ3) is 7.07. The minimum atomic E-state index is -0.252. The lowest BCUT2D eigenvalue weighted by atomic mass is 9.91. The largest absolute Gasteiger partial charge is 0.348 e. The van der Waals surface area contributed by atoms with E-state index in [-0.39, 0.29) is 11.7 Å². The molecule has 2 aliphatic heterocycles. The fraction of sp³-hybridized carbons (Fsp3) is 0.406. The van der Waals surface area contributed by atoms with Gasteiger partial charge in [0.05, 0.1) is 0 Å². The molecule has 3 N–H and O–H groups in total. The van der Waals surface area contributed by atoms with Crippen molar-refractivity contribution < 1.29 is 9.18 Å². The lowest BCUT2D eigenvalue weighted by Crippen LogP contribution is -2.48. The van der Waals surface area contributed by atoms with E-state index in [2.05, 4.69) is 52.0 Å². The van der Waals surface area contributed by atoms with Crippen LogP contribution in [0.4, 0.5) is 4.39 Å². The number of halogens is 1. The van der Waals surface area contributed by atoms with Gasteiger partial charge in [-0.05, 0) is 97.8 Å². The van der Waals surface area contributed by atoms with Crippen molar-refractivity contribution >= 4 is 5.91 Å². The number of carbonyl (C=O) groups excluding carboxylic acids is 1. The Bertz CT molecular complexity index is 1220. The molecule has 6 heteroatoms. The molecule has 0 saturated carbocycles. The van der Waals surface area contributed by atoms with E-state index in [1.165, 1.54) is 30.0 Å². The van der Waals surface area contributed by atoms with Crippen molar-refractivity contribution in [3.05, 3.63) is 94.8 Å². The van der Waals surface area contributed by atoms with Crippen molar-refractivity contribution in [1.82, 2.24) is 20.9 Å². The Morgan fingerprint density at radius 2 is 1.76 bits per heavy atom. The van der Waals surface area contributed by atoms with Gasteiger partial charge in [0.15, 0.2) is 0 Å². The summed E-state index contributed by atoms with van der Waals surface area (Å²) in [4.78, 5) is 15.2. The molecule has 3 aromatic rings. The molecule has 5 rings (SSSR count). The summed E-state index contributed by atoms with van der Waals surface area (Å²) in [6, 6.07) is 21.7. The highest BCUT2D eigenvalue weighted by Gasteiger charge is 2.17. The van der Waals surface area contributed by atoms with Gasteiger partial charge in [0.1, 0.15) is 5.82 Å². The quantitative estimate of drug-likeness (QED) is 0.406. The van der Waals surface area contributed by atoms with Crippen molar-refractivity contribution in [3.63, 3.8) is 0 Å². The Morgan fingerprint density at radius 1 is 0.974 bits per heavy atom. The van der Waals surface area contributed by atoms with E-state index in [0.29, 0.717) is 23.7 Å². The average molecular weight is 515 g/mol. The molecule has 0 radical (unpaired) electrons. The fourth-order valence-corrected chi connectivity index (χ4v) is 5.65. The summed E-state index contributed by atoms with van der Waals surface area (Å²) in [7, 11) is 0. The monoisotopic (exact) mass is 514 g/mol. The van der Waals surface area contributed by atoms with E-state index in [0.717, 1.165) is 62.7 Å². The van der Waals surface area contributed by atoms with Crippen molar-refractivity contribution in [1.29, 1.82) is 0 Å². The van der Waals surface area contributed by atoms with Crippen LogP contribution in [0.5, 0.6) is 0 Å². The van der Waals surface area contributed by atoms with Crippen LogP contribution in [0.1, 0.15) is 46.8 Å². The van der Waals surface area contributed by atoms with Gasteiger partial charge in [0, 0.05) is 49.9 Å². The first kappa shape index (κ1) is 26.5. The highest BCUT2D eigenvalue weighted by Crippen LogP contribution is 2.26. The zero-order valence-electron chi connectivity index (χ0n) is 22.3. The Labute approximate surface area is 225 Å². The number of benzene rings is 3. The number of nitrogens with one attached hydrogen (secondary N) is 3. The van der Waals surface area contributed by atoms with Gasteiger partial charge < -0.3 is 16.0 Å². The molecular formula is C32H39FN4O. The fourth-order valence-electron chi connectivity index (χ4n) is 5.65. The molecular weight excluding hydrogens is 475 g/mol. The molecule has 2 heterocycles. The molecule has 1 atom stereocenters. The molecule has 2 fully saturated rings. The predicted molar refractivity (Wildman–Crippen MR) is 151 cm³/mol. The smallest absolute Gasteiger partial charge is 0.251 e. The van der Waals surface area contributed by atoms with E-state index >= 15 is 0 Å². The van der Waals surface area contributed by atoms with Gasteiger partial charge in [-0.25, -0.2) is 4.39 Å². The van der Waals surface area contributed by atoms with Crippen LogP contribution in [0, 0.1) is 11.7 Å². The number of nitrogens with zero attached hydrogens (tertiary/aromatic N) is 1. The molecule has 0 unspecified atom stereocenters. The SMILES string of the molecule is C[C@H]1CN(Cc2cccc(-c3cc(CNC(=O)c4ccc(CC5CCNCC5)cc4)ccc3F)c2)CCN1. The minimum absolute atomic E-state index is 0.114. The lowest BCUT2D eigenvalue weighted by molar-refractivity contribution is 0.0951. The van der Waals surface area contributed by atoms with E-state index < -0.39 is 0 Å². The zero-order chi connectivity index (χ0) is 26.3. The standard InChI is InChI=1S/C32H39FN4O/c1-23-21-37(16-15-35-23)22-27-3-2-4-29(18-27)30-19-26(7-10-31(30)33)20-36-32(38)28-8-5-24(6-9-28)17-25-11-13-34-14-12-25/h2-10,18-19,23,25,34-35H,11-17,20-22H2,1H3,(H,36,38)/t23-/m0/s1. The van der Waals surface area contributed by atoms with E-state index in [1.807, 2.05) is 30.3 Å². The van der Waals surface area contributed by atoms with Gasteiger partial charge in [-0.1, -0.05) is 36.4 Å². The first-order valence-electron chi connectivity index (χ1n) is 13.9. The summed E-state index contributed by atoms with van der Waals surface area (Å²) in [5.41, 5.74) is 5.41. The lowest BCUT2D eigenvalue weighted by Gasteiger charge is -2.31. The molecule has 0 spiro atoms. The van der Waals surface area contributed by atoms with Gasteiger partial charge in [-0.2, -0.15) is 0 Å². The average Bonchev–Trinajstić information content (AvgIpc) is 2.93. The molecule has 1 amide bonds. The second-order valence-corrected chi connectivity index (χ2v) is 10.9.